The summed E-state index contributed by atoms with van der Waals surface area (Å²) >= 11 is 0. The van der Waals surface area contributed by atoms with Crippen molar-refractivity contribution >= 4 is 33.0 Å². The highest BCUT2D eigenvalue weighted by molar-refractivity contribution is 7.92. The first-order valence-electron chi connectivity index (χ1n) is 12.3. The Balaban J connectivity index is 1.66. The van der Waals surface area contributed by atoms with Crippen LogP contribution in [0.3, 0.4) is 0 Å². The molecule has 0 bridgehead atoms. The van der Waals surface area contributed by atoms with Crippen molar-refractivity contribution in [1.29, 1.82) is 0 Å². The predicted octanol–water partition coefficient (Wildman–Crippen LogP) is 4.91. The van der Waals surface area contributed by atoms with Crippen molar-refractivity contribution in [3.63, 3.8) is 0 Å². The normalized spacial score (nSPS) is 14.3. The smallest absolute Gasteiger partial charge is 0.229 e. The van der Waals surface area contributed by atoms with Crippen LogP contribution in [0.4, 0.5) is 23.1 Å². The number of aryl methyl sites for hydroxylation is 1. The van der Waals surface area contributed by atoms with Crippen LogP contribution in [-0.2, 0) is 9.84 Å². The zero-order valence-corrected chi connectivity index (χ0v) is 22.4. The number of methoxy groups -OCH3 is 1. The molecule has 2 heterocycles. The van der Waals surface area contributed by atoms with Gasteiger partial charge in [0.2, 0.25) is 5.95 Å². The maximum Gasteiger partial charge on any atom is 0.229 e. The molecule has 0 saturated carbocycles. The Labute approximate surface area is 219 Å². The fourth-order valence-corrected chi connectivity index (χ4v) is 5.71. The molecule has 8 nitrogen and oxygen atoms in total. The lowest BCUT2D eigenvalue weighted by Crippen LogP contribution is -2.27. The summed E-state index contributed by atoms with van der Waals surface area (Å²) in [7, 11) is -1.88. The number of benzene rings is 2. The van der Waals surface area contributed by atoms with E-state index in [2.05, 4.69) is 44.8 Å². The Morgan fingerprint density at radius 1 is 1.14 bits per heavy atom. The molecule has 1 aliphatic rings. The van der Waals surface area contributed by atoms with E-state index in [4.69, 9.17) is 11.2 Å². The highest BCUT2D eigenvalue weighted by atomic mass is 32.2. The van der Waals surface area contributed by atoms with E-state index in [9.17, 15) is 8.42 Å². The molecular formula is C28H33N5O3S. The first-order valence-corrected chi connectivity index (χ1v) is 13.9. The number of nitrogens with zero attached hydrogens (tertiary/aromatic N) is 2. The van der Waals surface area contributed by atoms with Gasteiger partial charge in [-0.2, -0.15) is 4.98 Å². The quantitative estimate of drug-likeness (QED) is 0.361. The lowest BCUT2D eigenvalue weighted by molar-refractivity contribution is 0.413. The van der Waals surface area contributed by atoms with Crippen molar-refractivity contribution < 1.29 is 13.2 Å². The number of aromatic nitrogens is 2. The molecule has 0 aliphatic carbocycles. The van der Waals surface area contributed by atoms with Gasteiger partial charge in [-0.25, -0.2) is 13.4 Å². The van der Waals surface area contributed by atoms with Crippen molar-refractivity contribution in [2.75, 3.05) is 30.8 Å². The van der Waals surface area contributed by atoms with E-state index < -0.39 is 15.1 Å². The molecule has 37 heavy (non-hydrogen) atoms. The number of hydrogen-bond donors (Lipinski definition) is 3. The first kappa shape index (κ1) is 26.5. The third-order valence-electron chi connectivity index (χ3n) is 6.63. The Kier molecular flexibility index (Phi) is 8.00. The van der Waals surface area contributed by atoms with Crippen LogP contribution in [0.5, 0.6) is 5.75 Å². The monoisotopic (exact) mass is 519 g/mol. The Morgan fingerprint density at radius 3 is 2.54 bits per heavy atom. The molecule has 3 aromatic rings. The maximum absolute atomic E-state index is 12.9. The van der Waals surface area contributed by atoms with Gasteiger partial charge in [0.15, 0.2) is 15.7 Å². The average molecular weight is 520 g/mol. The van der Waals surface area contributed by atoms with E-state index in [0.717, 1.165) is 31.6 Å². The number of ether oxygens (including phenoxy) is 1. The number of para-hydroxylation sites is 1. The highest BCUT2D eigenvalue weighted by Crippen LogP contribution is 2.36. The fraction of sp³-hybridized carbons (Fsp3) is 0.357. The number of anilines is 4. The standard InChI is InChI=1S/C28H33N5O3S/c1-6-20-17-30-28(33-27(20)31-23-9-7-8-10-26(23)37(34,35)18(2)3)32-24-15-19(4)22(16-25(24)36-5)21-11-13-29-14-12-21/h1,7-10,15-18,21,29H,11-14H2,2-5H3,(H2,30,31,32,33). The Morgan fingerprint density at radius 2 is 1.86 bits per heavy atom. The number of piperidine rings is 1. The average Bonchev–Trinajstić information content (AvgIpc) is 2.89. The van der Waals surface area contributed by atoms with Gasteiger partial charge in [0, 0.05) is 0 Å². The molecule has 1 aliphatic heterocycles. The van der Waals surface area contributed by atoms with E-state index in [0.29, 0.717) is 34.7 Å². The summed E-state index contributed by atoms with van der Waals surface area (Å²) in [6.45, 7) is 7.43. The van der Waals surface area contributed by atoms with Crippen LogP contribution < -0.4 is 20.7 Å². The van der Waals surface area contributed by atoms with Gasteiger partial charge in [-0.05, 0) is 88.0 Å². The largest absolute Gasteiger partial charge is 0.495 e. The van der Waals surface area contributed by atoms with Crippen LogP contribution in [0.1, 0.15) is 49.3 Å². The third kappa shape index (κ3) is 5.71. The van der Waals surface area contributed by atoms with Crippen LogP contribution in [0.15, 0.2) is 47.5 Å². The van der Waals surface area contributed by atoms with Gasteiger partial charge in [-0.3, -0.25) is 0 Å². The SMILES string of the molecule is C#Cc1cnc(Nc2cc(C)c(C3CCNCC3)cc2OC)nc1Nc1ccccc1S(=O)(=O)C(C)C. The van der Waals surface area contributed by atoms with Crippen molar-refractivity contribution in [3.05, 3.63) is 59.3 Å². The first-order chi connectivity index (χ1) is 17.7. The van der Waals surface area contributed by atoms with E-state index in [1.165, 1.54) is 17.3 Å². The van der Waals surface area contributed by atoms with Gasteiger partial charge in [0.05, 0.1) is 40.4 Å². The van der Waals surface area contributed by atoms with E-state index in [1.807, 2.05) is 6.07 Å². The Hall–Kier alpha value is -3.61. The van der Waals surface area contributed by atoms with Crippen LogP contribution in [0, 0.1) is 19.3 Å². The molecule has 194 valence electrons. The molecule has 9 heteroatoms. The van der Waals surface area contributed by atoms with E-state index in [-0.39, 0.29) is 4.90 Å². The molecule has 2 aromatic carbocycles. The number of rotatable bonds is 8. The van der Waals surface area contributed by atoms with Gasteiger partial charge in [-0.15, -0.1) is 6.42 Å². The molecule has 0 radical (unpaired) electrons. The van der Waals surface area contributed by atoms with Crippen LogP contribution >= 0.6 is 0 Å². The van der Waals surface area contributed by atoms with Gasteiger partial charge >= 0.3 is 0 Å². The molecule has 1 saturated heterocycles. The second-order valence-electron chi connectivity index (χ2n) is 9.37. The van der Waals surface area contributed by atoms with Gasteiger partial charge < -0.3 is 20.7 Å². The molecule has 0 amide bonds. The molecule has 0 atom stereocenters. The maximum atomic E-state index is 12.9. The molecule has 0 spiro atoms. The van der Waals surface area contributed by atoms with E-state index in [1.54, 1.807) is 45.2 Å². The molecule has 0 unspecified atom stereocenters. The molecule has 1 fully saturated rings. The van der Waals surface area contributed by atoms with Crippen molar-refractivity contribution in [3.8, 4) is 18.1 Å². The summed E-state index contributed by atoms with van der Waals surface area (Å²) in [4.78, 5) is 9.15. The van der Waals surface area contributed by atoms with Crippen molar-refractivity contribution in [1.82, 2.24) is 15.3 Å². The zero-order chi connectivity index (χ0) is 26.6. The lowest BCUT2D eigenvalue weighted by Gasteiger charge is -2.25. The number of sulfone groups is 1. The predicted molar refractivity (Wildman–Crippen MR) is 148 cm³/mol. The summed E-state index contributed by atoms with van der Waals surface area (Å²) in [5, 5.41) is 9.21. The number of nitrogens with one attached hydrogen (secondary N) is 3. The summed E-state index contributed by atoms with van der Waals surface area (Å²) < 4.78 is 31.5. The minimum atomic E-state index is -3.53. The topological polar surface area (TPSA) is 105 Å². The molecule has 1 aromatic heterocycles. The zero-order valence-electron chi connectivity index (χ0n) is 21.6. The third-order valence-corrected chi connectivity index (χ3v) is 8.84. The van der Waals surface area contributed by atoms with Crippen molar-refractivity contribution in [2.24, 2.45) is 0 Å². The molecular weight excluding hydrogens is 486 g/mol. The van der Waals surface area contributed by atoms with Gasteiger partial charge in [0.1, 0.15) is 5.75 Å². The molecule has 3 N–H and O–H groups in total. The highest BCUT2D eigenvalue weighted by Gasteiger charge is 2.23. The van der Waals surface area contributed by atoms with Gasteiger partial charge in [-0.1, -0.05) is 18.1 Å². The summed E-state index contributed by atoms with van der Waals surface area (Å²) in [5.74, 6) is 4.39. The van der Waals surface area contributed by atoms with Crippen LogP contribution in [0.2, 0.25) is 0 Å². The van der Waals surface area contributed by atoms with Crippen LogP contribution in [0.25, 0.3) is 0 Å². The number of hydrogen-bond acceptors (Lipinski definition) is 8. The summed E-state index contributed by atoms with van der Waals surface area (Å²) in [5.41, 5.74) is 4.00. The lowest BCUT2D eigenvalue weighted by atomic mass is 9.87. The minimum absolute atomic E-state index is 0.187. The van der Waals surface area contributed by atoms with Gasteiger partial charge in [0.25, 0.3) is 0 Å². The second-order valence-corrected chi connectivity index (χ2v) is 11.8. The fourth-order valence-electron chi connectivity index (χ4n) is 4.51. The van der Waals surface area contributed by atoms with Crippen molar-refractivity contribution in [2.45, 2.75) is 49.7 Å². The number of terminal acetylenes is 1. The summed E-state index contributed by atoms with van der Waals surface area (Å²) in [6, 6.07) is 10.9. The second kappa shape index (κ2) is 11.2. The summed E-state index contributed by atoms with van der Waals surface area (Å²) in [6.07, 6.45) is 9.41. The molecule has 4 rings (SSSR count). The van der Waals surface area contributed by atoms with E-state index >= 15 is 0 Å². The minimum Gasteiger partial charge on any atom is -0.495 e. The Bertz CT molecular complexity index is 1420. The van der Waals surface area contributed by atoms with Crippen LogP contribution in [-0.4, -0.2) is 43.8 Å².